The summed E-state index contributed by atoms with van der Waals surface area (Å²) in [7, 11) is 0. The number of aromatic nitrogens is 1. The number of aliphatic hydroxyl groups excluding tert-OH is 1. The van der Waals surface area contributed by atoms with Gasteiger partial charge in [-0.25, -0.2) is 0 Å². The lowest BCUT2D eigenvalue weighted by atomic mass is 9.52. The molecule has 1 heterocycles. The Kier molecular flexibility index (Phi) is 11.0. The van der Waals surface area contributed by atoms with Gasteiger partial charge in [0.05, 0.1) is 6.10 Å². The maximum absolute atomic E-state index is 14.7. The van der Waals surface area contributed by atoms with E-state index >= 15 is 0 Å². The number of fused-ring (bicyclic) bond motifs is 1. The fourth-order valence-electron chi connectivity index (χ4n) is 12.4. The van der Waals surface area contributed by atoms with Gasteiger partial charge in [0.15, 0.2) is 23.0 Å². The van der Waals surface area contributed by atoms with E-state index in [1.807, 2.05) is 18.5 Å². The number of ketones is 1. The monoisotopic (exact) mass is 812 g/mol. The van der Waals surface area contributed by atoms with Crippen LogP contribution in [0.2, 0.25) is 0 Å². The molecule has 314 valence electrons. The number of carbonyl (C=O) groups is 1. The Hall–Kier alpha value is -5.45. The summed E-state index contributed by atoms with van der Waals surface area (Å²) in [6.45, 7) is -0.00867. The zero-order chi connectivity index (χ0) is 41.5. The second-order valence-corrected chi connectivity index (χ2v) is 17.9. The predicted molar refractivity (Wildman–Crippen MR) is 227 cm³/mol. The van der Waals surface area contributed by atoms with Crippen LogP contribution in [0, 0.1) is 29.6 Å². The molecule has 0 radical (unpaired) electrons. The number of nitrogens with one attached hydrogen (secondary N) is 1. The Morgan fingerprint density at radius 2 is 1.65 bits per heavy atom. The Morgan fingerprint density at radius 1 is 0.833 bits per heavy atom. The molecule has 8 atom stereocenters. The Labute approximate surface area is 351 Å². The molecule has 10 heteroatoms. The molecule has 3 saturated carbocycles. The van der Waals surface area contributed by atoms with E-state index in [0.717, 1.165) is 72.8 Å². The normalized spacial score (nSPS) is 26.5. The lowest BCUT2D eigenvalue weighted by Gasteiger charge is -2.52. The van der Waals surface area contributed by atoms with Gasteiger partial charge in [0.1, 0.15) is 24.9 Å². The van der Waals surface area contributed by atoms with E-state index in [9.17, 15) is 30.3 Å². The van der Waals surface area contributed by atoms with Crippen molar-refractivity contribution in [3.63, 3.8) is 0 Å². The number of hydrogen-bond acceptors (Lipinski definition) is 9. The summed E-state index contributed by atoms with van der Waals surface area (Å²) in [4.78, 5) is 17.9. The average molecular weight is 813 g/mol. The first kappa shape index (κ1) is 40.0. The Morgan fingerprint density at radius 3 is 2.40 bits per heavy atom. The van der Waals surface area contributed by atoms with Gasteiger partial charge in [-0.1, -0.05) is 61.4 Å². The standard InChI is InChI=1S/C50H56N2O8/c51-28-60-43-21-29(12-14-41(43)55)11-13-40(54)37-22-32(19-30-15-18-52-26-30)36-23-33-24-39(50(16-4-5-17-50)34-8-2-1-3-9-34)45(46(36)47(37)57)38-25-42(56)48(58)49(44(33)38)59-27-31-7-6-10-35(53)20-31/h1-3,6-10,12,14-15,18,20-21,25-26,32-33,36-37,39,45-47,52-53,55-58H,4-5,11,13,16-17,19,22-24,27-28,51H2/t32-,33+,36-,37+,39+,45+,46-,47+/m1/s1. The van der Waals surface area contributed by atoms with Gasteiger partial charge in [0.25, 0.3) is 0 Å². The number of hydrogen-bond donors (Lipinski definition) is 7. The Bertz CT molecular complexity index is 2300. The van der Waals surface area contributed by atoms with Gasteiger partial charge in [-0.2, -0.15) is 0 Å². The van der Waals surface area contributed by atoms with E-state index in [-0.39, 0.29) is 101 Å². The van der Waals surface area contributed by atoms with Crippen LogP contribution in [0.4, 0.5) is 0 Å². The molecule has 5 aromatic rings. The minimum Gasteiger partial charge on any atom is -0.508 e. The molecule has 0 spiro atoms. The van der Waals surface area contributed by atoms with Gasteiger partial charge < -0.3 is 40.0 Å². The highest BCUT2D eigenvalue weighted by Crippen LogP contribution is 2.68. The number of aliphatic hydroxyl groups is 1. The third kappa shape index (κ3) is 7.27. The van der Waals surface area contributed by atoms with Gasteiger partial charge in [-0.15, -0.1) is 0 Å². The van der Waals surface area contributed by atoms with Gasteiger partial charge >= 0.3 is 0 Å². The number of aryl methyl sites for hydroxylation is 1. The number of carbonyl (C=O) groups excluding carboxylic acids is 1. The summed E-state index contributed by atoms with van der Waals surface area (Å²) in [5, 5.41) is 56.7. The van der Waals surface area contributed by atoms with Crippen LogP contribution in [0.1, 0.15) is 96.6 Å². The van der Waals surface area contributed by atoms with E-state index in [2.05, 4.69) is 41.4 Å². The van der Waals surface area contributed by atoms with E-state index < -0.39 is 12.0 Å². The van der Waals surface area contributed by atoms with Crippen molar-refractivity contribution in [1.29, 1.82) is 0 Å². The van der Waals surface area contributed by atoms with Crippen LogP contribution in [0.5, 0.6) is 34.5 Å². The molecule has 4 aromatic carbocycles. The van der Waals surface area contributed by atoms with Crippen LogP contribution in [-0.4, -0.2) is 49.1 Å². The number of aromatic amines is 1. The number of rotatable bonds is 13. The molecule has 3 fully saturated rings. The zero-order valence-corrected chi connectivity index (χ0v) is 33.9. The van der Waals surface area contributed by atoms with E-state index in [4.69, 9.17) is 15.2 Å². The summed E-state index contributed by atoms with van der Waals surface area (Å²) in [5.41, 5.74) is 11.2. The van der Waals surface area contributed by atoms with Gasteiger partial charge in [0.2, 0.25) is 5.75 Å². The number of aromatic hydroxyl groups is 4. The topological polar surface area (TPSA) is 178 Å². The molecule has 10 nitrogen and oxygen atoms in total. The van der Waals surface area contributed by atoms with Gasteiger partial charge in [0, 0.05) is 30.3 Å². The maximum Gasteiger partial charge on any atom is 0.200 e. The van der Waals surface area contributed by atoms with Crippen LogP contribution in [0.3, 0.4) is 0 Å². The van der Waals surface area contributed by atoms with Crippen LogP contribution in [0.15, 0.2) is 97.3 Å². The third-order valence-corrected chi connectivity index (χ3v) is 14.8. The van der Waals surface area contributed by atoms with Gasteiger partial charge in [-0.3, -0.25) is 10.5 Å². The van der Waals surface area contributed by atoms with Crippen molar-refractivity contribution in [3.05, 3.63) is 131 Å². The zero-order valence-electron chi connectivity index (χ0n) is 33.9. The molecule has 1 aromatic heterocycles. The summed E-state index contributed by atoms with van der Waals surface area (Å²) >= 11 is 0. The Balaban J connectivity index is 1.16. The van der Waals surface area contributed by atoms with E-state index in [1.165, 1.54) is 5.56 Å². The van der Waals surface area contributed by atoms with Crippen LogP contribution in [0.25, 0.3) is 0 Å². The average Bonchev–Trinajstić information content (AvgIpc) is 3.91. The SMILES string of the molecule is NCOc1cc(CCC(=O)[C@@H]2C[C@@H](Cc3cc[nH]c3)[C@H]3C[C@H]4C[C@H](C5(c6ccccc6)CCCC5)[C@H](c5cc(O)c(O)c(OCc6cccc(O)c6)c54)[C@@H]3[C@H]2O)ccc1O. The molecule has 0 unspecified atom stereocenters. The predicted octanol–water partition coefficient (Wildman–Crippen LogP) is 8.49. The van der Waals surface area contributed by atoms with E-state index in [1.54, 1.807) is 42.5 Å². The van der Waals surface area contributed by atoms with Crippen molar-refractivity contribution >= 4 is 5.78 Å². The first-order chi connectivity index (χ1) is 29.1. The van der Waals surface area contributed by atoms with Crippen LogP contribution in [-0.2, 0) is 29.7 Å². The molecule has 8 N–H and O–H groups in total. The van der Waals surface area contributed by atoms with Crippen molar-refractivity contribution in [2.24, 2.45) is 35.3 Å². The number of Topliss-reactive ketones (excluding diaryl/α,β-unsaturated/α-hetero) is 1. The highest BCUT2D eigenvalue weighted by Gasteiger charge is 2.60. The highest BCUT2D eigenvalue weighted by molar-refractivity contribution is 5.82. The fraction of sp³-hybridized carbons (Fsp3) is 0.420. The van der Waals surface area contributed by atoms with Crippen molar-refractivity contribution in [2.45, 2.75) is 94.2 Å². The molecule has 0 aliphatic heterocycles. The number of benzene rings is 4. The molecule has 5 aliphatic carbocycles. The van der Waals surface area contributed by atoms with E-state index in [0.29, 0.717) is 12.8 Å². The molecule has 0 saturated heterocycles. The first-order valence-corrected chi connectivity index (χ1v) is 21.7. The van der Waals surface area contributed by atoms with Gasteiger partial charge in [-0.05, 0) is 150 Å². The summed E-state index contributed by atoms with van der Waals surface area (Å²) < 4.78 is 11.9. The number of nitrogens with two attached hydrogens (primary N) is 1. The summed E-state index contributed by atoms with van der Waals surface area (Å²) in [6, 6.07) is 26.5. The molecule has 60 heavy (non-hydrogen) atoms. The van der Waals surface area contributed by atoms with Crippen molar-refractivity contribution < 1.29 is 39.8 Å². The molecule has 5 aliphatic rings. The smallest absolute Gasteiger partial charge is 0.200 e. The summed E-state index contributed by atoms with van der Waals surface area (Å²) in [5.74, 6) is -0.939. The third-order valence-electron chi connectivity index (χ3n) is 14.8. The molecule has 2 bridgehead atoms. The van der Waals surface area contributed by atoms with Crippen LogP contribution < -0.4 is 15.2 Å². The number of phenols is 4. The second-order valence-electron chi connectivity index (χ2n) is 17.9. The minimum atomic E-state index is -0.944. The quantitative estimate of drug-likeness (QED) is 0.0454. The molecular weight excluding hydrogens is 757 g/mol. The number of ether oxygens (including phenoxy) is 2. The van der Waals surface area contributed by atoms with Crippen molar-refractivity contribution in [1.82, 2.24) is 4.98 Å². The van der Waals surface area contributed by atoms with Crippen molar-refractivity contribution in [3.8, 4) is 34.5 Å². The number of H-pyrrole nitrogens is 1. The molecule has 0 amide bonds. The fourth-order valence-corrected chi connectivity index (χ4v) is 12.4. The first-order valence-electron chi connectivity index (χ1n) is 21.7. The minimum absolute atomic E-state index is 0.00674. The lowest BCUT2D eigenvalue weighted by molar-refractivity contribution is -0.136. The lowest BCUT2D eigenvalue weighted by Crippen LogP contribution is -2.51. The van der Waals surface area contributed by atoms with Crippen molar-refractivity contribution in [2.75, 3.05) is 6.73 Å². The highest BCUT2D eigenvalue weighted by atomic mass is 16.5. The second kappa shape index (κ2) is 16.5. The maximum atomic E-state index is 14.7. The largest absolute Gasteiger partial charge is 0.508 e. The molecular formula is C50H56N2O8. The summed E-state index contributed by atoms with van der Waals surface area (Å²) in [6.07, 6.45) is 10.7. The number of phenolic OH excluding ortho intramolecular Hbond substituents is 4. The van der Waals surface area contributed by atoms with Crippen LogP contribution >= 0.6 is 0 Å². The molecule has 10 rings (SSSR count).